The molecule has 1 aliphatic carbocycles. The van der Waals surface area contributed by atoms with Gasteiger partial charge in [0.05, 0.1) is 0 Å². The van der Waals surface area contributed by atoms with Crippen molar-refractivity contribution in [2.75, 3.05) is 26.7 Å². The third-order valence-electron chi connectivity index (χ3n) is 5.04. The highest BCUT2D eigenvalue weighted by Crippen LogP contribution is 2.26. The molecule has 0 saturated heterocycles. The van der Waals surface area contributed by atoms with E-state index in [-0.39, 0.29) is 6.61 Å². The Morgan fingerprint density at radius 2 is 1.85 bits per heavy atom. The number of guanidine groups is 1. The molecule has 0 bridgehead atoms. The fourth-order valence-electron chi connectivity index (χ4n) is 3.53. The molecular formula is C21H34N4O2. The summed E-state index contributed by atoms with van der Waals surface area (Å²) in [4.78, 5) is 15.0. The van der Waals surface area contributed by atoms with E-state index in [1.165, 1.54) is 50.5 Å². The van der Waals surface area contributed by atoms with Crippen LogP contribution in [0.2, 0.25) is 0 Å². The van der Waals surface area contributed by atoms with Crippen molar-refractivity contribution < 1.29 is 9.53 Å². The summed E-state index contributed by atoms with van der Waals surface area (Å²) in [5.41, 5.74) is 6.27. The van der Waals surface area contributed by atoms with E-state index in [9.17, 15) is 4.79 Å². The molecule has 0 aliphatic heterocycles. The summed E-state index contributed by atoms with van der Waals surface area (Å²) in [6, 6.07) is 7.71. The Morgan fingerprint density at radius 1 is 1.15 bits per heavy atom. The Kier molecular flexibility index (Phi) is 9.52. The van der Waals surface area contributed by atoms with Gasteiger partial charge in [-0.05, 0) is 42.9 Å². The molecule has 0 unspecified atom stereocenters. The minimum Gasteiger partial charge on any atom is -0.484 e. The maximum absolute atomic E-state index is 10.7. The molecular weight excluding hydrogens is 340 g/mol. The van der Waals surface area contributed by atoms with Crippen molar-refractivity contribution in [3.05, 3.63) is 29.8 Å². The molecule has 1 aliphatic rings. The second-order valence-electron chi connectivity index (χ2n) is 7.22. The number of hydrogen-bond donors (Lipinski definition) is 3. The normalized spacial score (nSPS) is 15.4. The Balaban J connectivity index is 1.59. The number of hydrogen-bond acceptors (Lipinski definition) is 3. The van der Waals surface area contributed by atoms with Crippen molar-refractivity contribution in [1.82, 2.24) is 10.6 Å². The average molecular weight is 375 g/mol. The maximum atomic E-state index is 10.7. The van der Waals surface area contributed by atoms with Crippen molar-refractivity contribution in [2.45, 2.75) is 51.4 Å². The van der Waals surface area contributed by atoms with Crippen LogP contribution in [0.5, 0.6) is 5.75 Å². The second-order valence-corrected chi connectivity index (χ2v) is 7.22. The average Bonchev–Trinajstić information content (AvgIpc) is 2.70. The van der Waals surface area contributed by atoms with Crippen LogP contribution in [0.25, 0.3) is 0 Å². The predicted octanol–water partition coefficient (Wildman–Crippen LogP) is 2.62. The molecule has 1 aromatic rings. The lowest BCUT2D eigenvalue weighted by Gasteiger charge is -2.21. The van der Waals surface area contributed by atoms with Crippen molar-refractivity contribution in [1.29, 1.82) is 0 Å². The van der Waals surface area contributed by atoms with E-state index in [2.05, 4.69) is 15.6 Å². The van der Waals surface area contributed by atoms with E-state index in [1.54, 1.807) is 7.05 Å². The van der Waals surface area contributed by atoms with Crippen LogP contribution in [0.1, 0.15) is 50.5 Å². The Labute approximate surface area is 163 Å². The van der Waals surface area contributed by atoms with E-state index >= 15 is 0 Å². The first-order valence-electron chi connectivity index (χ1n) is 10.1. The van der Waals surface area contributed by atoms with Gasteiger partial charge in [-0.15, -0.1) is 0 Å². The number of aliphatic imine (C=N–C) groups is 1. The van der Waals surface area contributed by atoms with E-state index in [1.807, 2.05) is 24.3 Å². The standard InChI is InChI=1S/C21H34N4O2/c1-23-21(24-14-5-8-17-6-3-2-4-7-17)25-15-13-18-9-11-19(12-10-18)27-16-20(22)26/h9-12,17H,2-8,13-16H2,1H3,(H2,22,26)(H2,23,24,25). The Hall–Kier alpha value is -2.24. The summed E-state index contributed by atoms with van der Waals surface area (Å²) in [5.74, 6) is 1.98. The molecule has 1 amide bonds. The topological polar surface area (TPSA) is 88.7 Å². The fourth-order valence-corrected chi connectivity index (χ4v) is 3.53. The number of nitrogens with two attached hydrogens (primary N) is 1. The van der Waals surface area contributed by atoms with Gasteiger partial charge in [-0.2, -0.15) is 0 Å². The summed E-state index contributed by atoms with van der Waals surface area (Å²) in [5, 5.41) is 6.76. The molecule has 150 valence electrons. The van der Waals surface area contributed by atoms with Crippen LogP contribution in [0.4, 0.5) is 0 Å². The third-order valence-corrected chi connectivity index (χ3v) is 5.04. The van der Waals surface area contributed by atoms with Gasteiger partial charge in [-0.25, -0.2) is 0 Å². The van der Waals surface area contributed by atoms with Crippen molar-refractivity contribution >= 4 is 11.9 Å². The van der Waals surface area contributed by atoms with Gasteiger partial charge in [0.25, 0.3) is 5.91 Å². The number of carbonyl (C=O) groups is 1. The summed E-state index contributed by atoms with van der Waals surface area (Å²) in [6.07, 6.45) is 10.5. The minimum atomic E-state index is -0.471. The highest BCUT2D eigenvalue weighted by Gasteiger charge is 2.12. The lowest BCUT2D eigenvalue weighted by Crippen LogP contribution is -2.38. The third kappa shape index (κ3) is 8.80. The van der Waals surface area contributed by atoms with E-state index in [4.69, 9.17) is 10.5 Å². The molecule has 0 radical (unpaired) electrons. The number of nitrogens with zero attached hydrogens (tertiary/aromatic N) is 1. The van der Waals surface area contributed by atoms with Crippen LogP contribution in [-0.4, -0.2) is 38.6 Å². The molecule has 6 nitrogen and oxygen atoms in total. The van der Waals surface area contributed by atoms with Crippen molar-refractivity contribution in [3.8, 4) is 5.75 Å². The van der Waals surface area contributed by atoms with E-state index < -0.39 is 5.91 Å². The number of rotatable bonds is 10. The van der Waals surface area contributed by atoms with Gasteiger partial charge >= 0.3 is 0 Å². The van der Waals surface area contributed by atoms with Crippen molar-refractivity contribution in [3.63, 3.8) is 0 Å². The Morgan fingerprint density at radius 3 is 2.52 bits per heavy atom. The molecule has 0 heterocycles. The number of amides is 1. The zero-order valence-electron chi connectivity index (χ0n) is 16.5. The van der Waals surface area contributed by atoms with Crippen LogP contribution >= 0.6 is 0 Å². The molecule has 2 rings (SSSR count). The summed E-state index contributed by atoms with van der Waals surface area (Å²) < 4.78 is 5.26. The molecule has 4 N–H and O–H groups in total. The number of ether oxygens (including phenoxy) is 1. The highest BCUT2D eigenvalue weighted by atomic mass is 16.5. The van der Waals surface area contributed by atoms with Crippen LogP contribution < -0.4 is 21.1 Å². The van der Waals surface area contributed by atoms with Gasteiger partial charge in [0.15, 0.2) is 12.6 Å². The SMILES string of the molecule is CN=C(NCCCC1CCCCC1)NCCc1ccc(OCC(N)=O)cc1. The van der Waals surface area contributed by atoms with Gasteiger partial charge in [-0.1, -0.05) is 44.2 Å². The van der Waals surface area contributed by atoms with Gasteiger partial charge in [0, 0.05) is 20.1 Å². The van der Waals surface area contributed by atoms with Crippen LogP contribution in [0.15, 0.2) is 29.3 Å². The molecule has 0 atom stereocenters. The van der Waals surface area contributed by atoms with Gasteiger partial charge < -0.3 is 21.1 Å². The lowest BCUT2D eigenvalue weighted by molar-refractivity contribution is -0.119. The second kappa shape index (κ2) is 12.2. The molecule has 1 aromatic carbocycles. The zero-order chi connectivity index (χ0) is 19.3. The first kappa shape index (κ1) is 21.1. The molecule has 27 heavy (non-hydrogen) atoms. The van der Waals surface area contributed by atoms with Gasteiger partial charge in [0.1, 0.15) is 5.75 Å². The molecule has 0 aromatic heterocycles. The van der Waals surface area contributed by atoms with Crippen molar-refractivity contribution in [2.24, 2.45) is 16.6 Å². The van der Waals surface area contributed by atoms with Gasteiger partial charge in [-0.3, -0.25) is 9.79 Å². The smallest absolute Gasteiger partial charge is 0.255 e. The minimum absolute atomic E-state index is 0.0936. The largest absolute Gasteiger partial charge is 0.484 e. The lowest BCUT2D eigenvalue weighted by atomic mass is 9.86. The monoisotopic (exact) mass is 374 g/mol. The van der Waals surface area contributed by atoms with Gasteiger partial charge in [0.2, 0.25) is 0 Å². The molecule has 1 saturated carbocycles. The number of carbonyl (C=O) groups excluding carboxylic acids is 1. The maximum Gasteiger partial charge on any atom is 0.255 e. The number of nitrogens with one attached hydrogen (secondary N) is 2. The highest BCUT2D eigenvalue weighted by molar-refractivity contribution is 5.79. The first-order valence-corrected chi connectivity index (χ1v) is 10.1. The summed E-state index contributed by atoms with van der Waals surface area (Å²) in [6.45, 7) is 1.69. The van der Waals surface area contributed by atoms with Crippen LogP contribution in [-0.2, 0) is 11.2 Å². The summed E-state index contributed by atoms with van der Waals surface area (Å²) >= 11 is 0. The zero-order valence-corrected chi connectivity index (χ0v) is 16.5. The summed E-state index contributed by atoms with van der Waals surface area (Å²) in [7, 11) is 1.81. The Bertz CT molecular complexity index is 580. The van der Waals surface area contributed by atoms with Crippen LogP contribution in [0, 0.1) is 5.92 Å². The first-order chi connectivity index (χ1) is 13.2. The quantitative estimate of drug-likeness (QED) is 0.334. The van der Waals surface area contributed by atoms with E-state index in [0.29, 0.717) is 5.75 Å². The predicted molar refractivity (Wildman–Crippen MR) is 110 cm³/mol. The molecule has 6 heteroatoms. The van der Waals surface area contributed by atoms with Crippen LogP contribution in [0.3, 0.4) is 0 Å². The van der Waals surface area contributed by atoms with E-state index in [0.717, 1.165) is 31.4 Å². The molecule has 0 spiro atoms. The number of primary amides is 1. The fraction of sp³-hybridized carbons (Fsp3) is 0.619. The number of benzene rings is 1. The molecule has 1 fully saturated rings.